The van der Waals surface area contributed by atoms with Gasteiger partial charge in [-0.2, -0.15) is 5.10 Å². The van der Waals surface area contributed by atoms with Crippen LogP contribution in [0.25, 0.3) is 11.0 Å². The van der Waals surface area contributed by atoms with Gasteiger partial charge in [0.15, 0.2) is 15.5 Å². The summed E-state index contributed by atoms with van der Waals surface area (Å²) in [6, 6.07) is 1.73. The van der Waals surface area contributed by atoms with Crippen LogP contribution in [-0.2, 0) is 21.7 Å². The molecule has 0 saturated carbocycles. The Morgan fingerprint density at radius 1 is 1.45 bits per heavy atom. The number of aryl methyl sites for hydroxylation is 2. The van der Waals surface area contributed by atoms with Crippen LogP contribution in [0, 0.1) is 6.92 Å². The first-order chi connectivity index (χ1) is 9.20. The number of carbonyl (C=O) groups excluding carboxylic acids is 1. The molecular formula is C12H16N4O3S. The van der Waals surface area contributed by atoms with E-state index in [2.05, 4.69) is 15.4 Å². The van der Waals surface area contributed by atoms with Crippen molar-refractivity contribution in [2.24, 2.45) is 7.05 Å². The first-order valence-corrected chi connectivity index (χ1v) is 7.94. The molecule has 7 nitrogen and oxygen atoms in total. The second-order valence-corrected chi connectivity index (χ2v) is 7.13. The van der Waals surface area contributed by atoms with E-state index in [0.29, 0.717) is 11.3 Å². The molecule has 1 N–H and O–H groups in total. The van der Waals surface area contributed by atoms with Gasteiger partial charge in [-0.15, -0.1) is 0 Å². The Labute approximate surface area is 116 Å². The first-order valence-electron chi connectivity index (χ1n) is 5.99. The van der Waals surface area contributed by atoms with E-state index in [0.717, 1.165) is 17.3 Å². The number of pyridine rings is 1. The predicted octanol–water partition coefficient (Wildman–Crippen LogP) is 0.648. The maximum atomic E-state index is 11.8. The fourth-order valence-electron chi connectivity index (χ4n) is 1.81. The molecule has 1 amide bonds. The van der Waals surface area contributed by atoms with Crippen molar-refractivity contribution in [1.29, 1.82) is 0 Å². The zero-order valence-electron chi connectivity index (χ0n) is 11.7. The Morgan fingerprint density at radius 3 is 2.70 bits per heavy atom. The van der Waals surface area contributed by atoms with Crippen LogP contribution in [0.15, 0.2) is 12.3 Å². The molecule has 0 aliphatic heterocycles. The van der Waals surface area contributed by atoms with Gasteiger partial charge in [0.25, 0.3) is 0 Å². The molecule has 0 bridgehead atoms. The summed E-state index contributed by atoms with van der Waals surface area (Å²) >= 11 is 0. The molecular weight excluding hydrogens is 280 g/mol. The number of fused-ring (bicyclic) bond motifs is 1. The van der Waals surface area contributed by atoms with Crippen molar-refractivity contribution in [1.82, 2.24) is 14.8 Å². The summed E-state index contributed by atoms with van der Waals surface area (Å²) in [7, 11) is -1.63. The summed E-state index contributed by atoms with van der Waals surface area (Å²) in [4.78, 5) is 16.1. The molecule has 8 heteroatoms. The highest BCUT2D eigenvalue weighted by Gasteiger charge is 2.23. The van der Waals surface area contributed by atoms with Crippen molar-refractivity contribution >= 4 is 32.5 Å². The van der Waals surface area contributed by atoms with Crippen molar-refractivity contribution in [2.45, 2.75) is 19.1 Å². The summed E-state index contributed by atoms with van der Waals surface area (Å²) in [5.74, 6) is -0.574. The van der Waals surface area contributed by atoms with Gasteiger partial charge in [-0.05, 0) is 19.9 Å². The van der Waals surface area contributed by atoms with Crippen LogP contribution in [0.3, 0.4) is 0 Å². The van der Waals surface area contributed by atoms with E-state index in [1.807, 2.05) is 6.92 Å². The summed E-state index contributed by atoms with van der Waals surface area (Å²) in [5.41, 5.74) is 1.95. The molecule has 2 rings (SSSR count). The SMILES string of the molecule is Cc1nn(C)c2ncc(NC(=O)[C@H](C)S(C)(=O)=O)cc12. The third-order valence-electron chi connectivity index (χ3n) is 3.14. The van der Waals surface area contributed by atoms with E-state index < -0.39 is 21.0 Å². The third-order valence-corrected chi connectivity index (χ3v) is 4.64. The maximum absolute atomic E-state index is 11.8. The average molecular weight is 296 g/mol. The number of rotatable bonds is 3. The fraction of sp³-hybridized carbons (Fsp3) is 0.417. The van der Waals surface area contributed by atoms with E-state index in [-0.39, 0.29) is 0 Å². The lowest BCUT2D eigenvalue weighted by atomic mass is 10.2. The van der Waals surface area contributed by atoms with Gasteiger partial charge in [0.2, 0.25) is 5.91 Å². The van der Waals surface area contributed by atoms with Crippen LogP contribution in [0.5, 0.6) is 0 Å². The van der Waals surface area contributed by atoms with Gasteiger partial charge < -0.3 is 5.32 Å². The van der Waals surface area contributed by atoms with E-state index >= 15 is 0 Å². The van der Waals surface area contributed by atoms with E-state index in [9.17, 15) is 13.2 Å². The molecule has 108 valence electrons. The number of anilines is 1. The lowest BCUT2D eigenvalue weighted by Crippen LogP contribution is -2.31. The van der Waals surface area contributed by atoms with E-state index in [1.54, 1.807) is 17.8 Å². The Hall–Kier alpha value is -1.96. The molecule has 0 radical (unpaired) electrons. The van der Waals surface area contributed by atoms with Gasteiger partial charge in [0.05, 0.1) is 17.6 Å². The largest absolute Gasteiger partial charge is 0.324 e. The standard InChI is InChI=1S/C12H16N4O3S/c1-7-10-5-9(6-13-11(10)16(3)15-7)14-12(17)8(2)20(4,18)19/h5-6,8H,1-4H3,(H,14,17)/t8-/m0/s1. The van der Waals surface area contributed by atoms with Crippen LogP contribution in [0.2, 0.25) is 0 Å². The molecule has 0 spiro atoms. The summed E-state index contributed by atoms with van der Waals surface area (Å²) in [6.07, 6.45) is 2.51. The molecule has 1 atom stereocenters. The average Bonchev–Trinajstić information content (AvgIpc) is 2.62. The zero-order chi connectivity index (χ0) is 15.1. The van der Waals surface area contributed by atoms with E-state index in [4.69, 9.17) is 0 Å². The highest BCUT2D eigenvalue weighted by molar-refractivity contribution is 7.92. The Morgan fingerprint density at radius 2 is 2.10 bits per heavy atom. The third kappa shape index (κ3) is 2.64. The van der Waals surface area contributed by atoms with Gasteiger partial charge in [0.1, 0.15) is 5.25 Å². The second kappa shape index (κ2) is 4.86. The van der Waals surface area contributed by atoms with Crippen molar-refractivity contribution < 1.29 is 13.2 Å². The number of amides is 1. The minimum Gasteiger partial charge on any atom is -0.324 e. The van der Waals surface area contributed by atoms with E-state index in [1.165, 1.54) is 13.1 Å². The van der Waals surface area contributed by atoms with Gasteiger partial charge >= 0.3 is 0 Å². The molecule has 0 aliphatic carbocycles. The molecule has 2 aromatic rings. The zero-order valence-corrected chi connectivity index (χ0v) is 12.5. The lowest BCUT2D eigenvalue weighted by Gasteiger charge is -2.10. The topological polar surface area (TPSA) is 93.9 Å². The summed E-state index contributed by atoms with van der Waals surface area (Å²) in [5, 5.41) is 6.50. The van der Waals surface area contributed by atoms with Crippen LogP contribution in [0.1, 0.15) is 12.6 Å². The van der Waals surface area contributed by atoms with Gasteiger partial charge in [-0.25, -0.2) is 13.4 Å². The number of nitrogens with one attached hydrogen (secondary N) is 1. The molecule has 0 saturated heterocycles. The highest BCUT2D eigenvalue weighted by Crippen LogP contribution is 2.19. The molecule has 2 aromatic heterocycles. The number of hydrogen-bond donors (Lipinski definition) is 1. The van der Waals surface area contributed by atoms with Crippen LogP contribution in [-0.4, -0.2) is 40.6 Å². The van der Waals surface area contributed by atoms with Crippen LogP contribution in [0.4, 0.5) is 5.69 Å². The van der Waals surface area contributed by atoms with Crippen molar-refractivity contribution in [2.75, 3.05) is 11.6 Å². The van der Waals surface area contributed by atoms with Crippen molar-refractivity contribution in [3.8, 4) is 0 Å². The Kier molecular flexibility index (Phi) is 3.51. The minimum atomic E-state index is -3.42. The fourth-order valence-corrected chi connectivity index (χ4v) is 2.26. The normalized spacial score (nSPS) is 13.4. The molecule has 0 aliphatic rings. The van der Waals surface area contributed by atoms with Gasteiger partial charge in [-0.3, -0.25) is 9.48 Å². The quantitative estimate of drug-likeness (QED) is 0.897. The summed E-state index contributed by atoms with van der Waals surface area (Å²) < 4.78 is 24.3. The number of aromatic nitrogens is 3. The number of hydrogen-bond acceptors (Lipinski definition) is 5. The lowest BCUT2D eigenvalue weighted by molar-refractivity contribution is -0.115. The Bertz CT molecular complexity index is 779. The molecule has 20 heavy (non-hydrogen) atoms. The van der Waals surface area contributed by atoms with Crippen molar-refractivity contribution in [3.05, 3.63) is 18.0 Å². The summed E-state index contributed by atoms with van der Waals surface area (Å²) in [6.45, 7) is 3.20. The van der Waals surface area contributed by atoms with Gasteiger partial charge in [-0.1, -0.05) is 0 Å². The van der Waals surface area contributed by atoms with Crippen LogP contribution >= 0.6 is 0 Å². The minimum absolute atomic E-state index is 0.453. The Balaban J connectivity index is 2.31. The number of carbonyl (C=O) groups is 1. The smallest absolute Gasteiger partial charge is 0.242 e. The predicted molar refractivity (Wildman–Crippen MR) is 76.2 cm³/mol. The molecule has 0 aromatic carbocycles. The number of nitrogens with zero attached hydrogens (tertiary/aromatic N) is 3. The second-order valence-electron chi connectivity index (χ2n) is 4.77. The molecule has 0 fully saturated rings. The maximum Gasteiger partial charge on any atom is 0.242 e. The van der Waals surface area contributed by atoms with Gasteiger partial charge in [0, 0.05) is 18.7 Å². The van der Waals surface area contributed by atoms with Crippen LogP contribution < -0.4 is 5.32 Å². The molecule has 0 unspecified atom stereocenters. The highest BCUT2D eigenvalue weighted by atomic mass is 32.2. The first kappa shape index (κ1) is 14.4. The monoisotopic (exact) mass is 296 g/mol. The van der Waals surface area contributed by atoms with Crippen molar-refractivity contribution in [3.63, 3.8) is 0 Å². The molecule has 2 heterocycles. The number of sulfone groups is 1.